The van der Waals surface area contributed by atoms with Gasteiger partial charge in [0.25, 0.3) is 0 Å². The molecule has 1 aliphatic heterocycles. The molecule has 0 saturated carbocycles. The summed E-state index contributed by atoms with van der Waals surface area (Å²) in [6.07, 6.45) is 8.13. The highest BCUT2D eigenvalue weighted by molar-refractivity contribution is 14.0. The molecule has 6 nitrogen and oxygen atoms in total. The fraction of sp³-hybridized carbons (Fsp3) is 0.360. The molecular weight excluding hydrogens is 511 g/mol. The summed E-state index contributed by atoms with van der Waals surface area (Å²) >= 11 is 0. The Hall–Kier alpha value is -2.39. The Labute approximate surface area is 208 Å². The van der Waals surface area contributed by atoms with Crippen LogP contribution in [0.3, 0.4) is 0 Å². The molecule has 1 fully saturated rings. The second kappa shape index (κ2) is 12.6. The van der Waals surface area contributed by atoms with E-state index in [1.54, 1.807) is 0 Å². The Balaban J connectivity index is 0.00000289. The molecule has 0 radical (unpaired) electrons. The molecule has 1 aliphatic rings. The van der Waals surface area contributed by atoms with Crippen molar-refractivity contribution in [3.63, 3.8) is 0 Å². The number of halogens is 1. The van der Waals surface area contributed by atoms with Crippen molar-refractivity contribution >= 4 is 29.9 Å². The number of aromatic nitrogens is 2. The molecule has 1 aromatic heterocycles. The van der Waals surface area contributed by atoms with Gasteiger partial charge < -0.3 is 15.2 Å². The Morgan fingerprint density at radius 3 is 2.47 bits per heavy atom. The number of imidazole rings is 1. The quantitative estimate of drug-likeness (QED) is 0.257. The van der Waals surface area contributed by atoms with Gasteiger partial charge in [0.2, 0.25) is 0 Å². The molecule has 1 saturated heterocycles. The first-order valence-electron chi connectivity index (χ1n) is 11.1. The van der Waals surface area contributed by atoms with Crippen LogP contribution in [0.15, 0.2) is 78.3 Å². The smallest absolute Gasteiger partial charge is 0.191 e. The first-order chi connectivity index (χ1) is 15.3. The summed E-state index contributed by atoms with van der Waals surface area (Å²) in [7, 11) is 1.83. The van der Waals surface area contributed by atoms with Gasteiger partial charge in [-0.1, -0.05) is 54.6 Å². The maximum atomic E-state index is 4.41. The largest absolute Gasteiger partial charge is 0.355 e. The van der Waals surface area contributed by atoms with Gasteiger partial charge in [-0.3, -0.25) is 9.89 Å². The molecule has 1 unspecified atom stereocenters. The van der Waals surface area contributed by atoms with Crippen LogP contribution >= 0.6 is 24.0 Å². The van der Waals surface area contributed by atoms with Gasteiger partial charge in [0, 0.05) is 51.7 Å². The Bertz CT molecular complexity index is 940. The van der Waals surface area contributed by atoms with Crippen molar-refractivity contribution < 1.29 is 0 Å². The van der Waals surface area contributed by atoms with Crippen molar-refractivity contribution in [1.82, 2.24) is 25.1 Å². The van der Waals surface area contributed by atoms with Gasteiger partial charge in [-0.15, -0.1) is 24.0 Å². The van der Waals surface area contributed by atoms with Crippen LogP contribution in [0.2, 0.25) is 0 Å². The van der Waals surface area contributed by atoms with E-state index < -0.39 is 0 Å². The highest BCUT2D eigenvalue weighted by atomic mass is 127. The fourth-order valence-electron chi connectivity index (χ4n) is 4.13. The number of rotatable bonds is 8. The van der Waals surface area contributed by atoms with Crippen LogP contribution in [0, 0.1) is 0 Å². The predicted molar refractivity (Wildman–Crippen MR) is 141 cm³/mol. The lowest BCUT2D eigenvalue weighted by Gasteiger charge is -2.25. The third kappa shape index (κ3) is 7.06. The van der Waals surface area contributed by atoms with Crippen LogP contribution in [0.1, 0.15) is 29.5 Å². The summed E-state index contributed by atoms with van der Waals surface area (Å²) in [5.74, 6) is 0.856. The van der Waals surface area contributed by atoms with Gasteiger partial charge in [0.05, 0.1) is 6.33 Å². The highest BCUT2D eigenvalue weighted by Crippen LogP contribution is 2.19. The van der Waals surface area contributed by atoms with Gasteiger partial charge in [0.15, 0.2) is 5.96 Å². The molecular formula is C25H33IN6. The van der Waals surface area contributed by atoms with Gasteiger partial charge in [-0.25, -0.2) is 4.98 Å². The van der Waals surface area contributed by atoms with Crippen LogP contribution in [0.5, 0.6) is 0 Å². The molecule has 0 amide bonds. The summed E-state index contributed by atoms with van der Waals surface area (Å²) in [6, 6.07) is 20.0. The maximum absolute atomic E-state index is 4.41. The molecule has 32 heavy (non-hydrogen) atoms. The number of nitrogens with zero attached hydrogens (tertiary/aromatic N) is 4. The summed E-state index contributed by atoms with van der Waals surface area (Å²) in [5.41, 5.74) is 3.89. The van der Waals surface area contributed by atoms with E-state index in [0.717, 1.165) is 32.1 Å². The SMILES string of the molecule is CN=C(NCc1ccc(Cn2ccnc2)cc1)NCC1CCCN1Cc1ccccc1.I. The monoisotopic (exact) mass is 544 g/mol. The summed E-state index contributed by atoms with van der Waals surface area (Å²) in [4.78, 5) is 11.1. The van der Waals surface area contributed by atoms with Gasteiger partial charge in [-0.2, -0.15) is 0 Å². The maximum Gasteiger partial charge on any atom is 0.191 e. The molecule has 170 valence electrons. The van der Waals surface area contributed by atoms with E-state index in [1.807, 2.05) is 25.8 Å². The van der Waals surface area contributed by atoms with Crippen LogP contribution in [0.4, 0.5) is 0 Å². The number of aliphatic imine (C=N–C) groups is 1. The lowest BCUT2D eigenvalue weighted by molar-refractivity contribution is 0.245. The van der Waals surface area contributed by atoms with Gasteiger partial charge in [0.1, 0.15) is 0 Å². The molecule has 0 bridgehead atoms. The number of benzene rings is 2. The molecule has 0 aliphatic carbocycles. The molecule has 7 heteroatoms. The normalized spacial score (nSPS) is 16.5. The Morgan fingerprint density at radius 2 is 1.75 bits per heavy atom. The summed E-state index contributed by atoms with van der Waals surface area (Å²) in [6.45, 7) is 4.70. The van der Waals surface area contributed by atoms with Crippen molar-refractivity contribution in [3.8, 4) is 0 Å². The lowest BCUT2D eigenvalue weighted by Crippen LogP contribution is -2.44. The molecule has 2 N–H and O–H groups in total. The predicted octanol–water partition coefficient (Wildman–Crippen LogP) is 3.88. The zero-order valence-electron chi connectivity index (χ0n) is 18.7. The van der Waals surface area contributed by atoms with Crippen molar-refractivity contribution in [1.29, 1.82) is 0 Å². The average molecular weight is 544 g/mol. The van der Waals surface area contributed by atoms with E-state index in [4.69, 9.17) is 0 Å². The summed E-state index contributed by atoms with van der Waals surface area (Å²) < 4.78 is 2.07. The van der Waals surface area contributed by atoms with Crippen molar-refractivity contribution in [3.05, 3.63) is 90.0 Å². The molecule has 1 atom stereocenters. The Kier molecular flexibility index (Phi) is 9.55. The van der Waals surface area contributed by atoms with E-state index in [0.29, 0.717) is 6.04 Å². The van der Waals surface area contributed by atoms with Crippen LogP contribution in [-0.2, 0) is 19.6 Å². The average Bonchev–Trinajstić information content (AvgIpc) is 3.48. The van der Waals surface area contributed by atoms with Crippen LogP contribution in [-0.4, -0.2) is 46.6 Å². The molecule has 2 heterocycles. The molecule has 4 rings (SSSR count). The number of guanidine groups is 1. The summed E-state index contributed by atoms with van der Waals surface area (Å²) in [5, 5.41) is 6.97. The third-order valence-electron chi connectivity index (χ3n) is 5.86. The Morgan fingerprint density at radius 1 is 1.00 bits per heavy atom. The number of likely N-dealkylation sites (tertiary alicyclic amines) is 1. The minimum absolute atomic E-state index is 0. The van der Waals surface area contributed by atoms with Crippen LogP contribution < -0.4 is 10.6 Å². The van der Waals surface area contributed by atoms with Gasteiger partial charge in [-0.05, 0) is 36.1 Å². The van der Waals surface area contributed by atoms with E-state index >= 15 is 0 Å². The minimum Gasteiger partial charge on any atom is -0.355 e. The molecule has 0 spiro atoms. The second-order valence-corrected chi connectivity index (χ2v) is 8.11. The fourth-order valence-corrected chi connectivity index (χ4v) is 4.13. The van der Waals surface area contributed by atoms with E-state index in [1.165, 1.54) is 36.1 Å². The van der Waals surface area contributed by atoms with Crippen molar-refractivity contribution in [2.75, 3.05) is 20.1 Å². The minimum atomic E-state index is 0. The van der Waals surface area contributed by atoms with Crippen LogP contribution in [0.25, 0.3) is 0 Å². The molecule has 3 aromatic rings. The lowest BCUT2D eigenvalue weighted by atomic mass is 10.1. The number of hydrogen-bond donors (Lipinski definition) is 2. The standard InChI is InChI=1S/C25H32N6.HI/c1-26-25(28-16-21-9-11-23(12-10-21)18-30-15-13-27-20-30)29-17-24-8-5-14-31(24)19-22-6-3-2-4-7-22;/h2-4,6-7,9-13,15,20,24H,5,8,14,16-19H2,1H3,(H2,26,28,29);1H. The third-order valence-corrected chi connectivity index (χ3v) is 5.86. The zero-order valence-corrected chi connectivity index (χ0v) is 21.0. The van der Waals surface area contributed by atoms with Crippen molar-refractivity contribution in [2.24, 2.45) is 4.99 Å². The van der Waals surface area contributed by atoms with Gasteiger partial charge >= 0.3 is 0 Å². The van der Waals surface area contributed by atoms with E-state index in [-0.39, 0.29) is 24.0 Å². The van der Waals surface area contributed by atoms with E-state index in [9.17, 15) is 0 Å². The topological polar surface area (TPSA) is 57.5 Å². The number of hydrogen-bond acceptors (Lipinski definition) is 3. The zero-order chi connectivity index (χ0) is 21.3. The number of nitrogens with one attached hydrogen (secondary N) is 2. The first-order valence-corrected chi connectivity index (χ1v) is 11.1. The first kappa shape index (κ1) is 24.3. The van der Waals surface area contributed by atoms with Crippen molar-refractivity contribution in [2.45, 2.75) is 38.5 Å². The highest BCUT2D eigenvalue weighted by Gasteiger charge is 2.24. The molecule has 2 aromatic carbocycles. The van der Waals surface area contributed by atoms with E-state index in [2.05, 4.69) is 84.7 Å². The second-order valence-electron chi connectivity index (χ2n) is 8.11.